The van der Waals surface area contributed by atoms with Gasteiger partial charge < -0.3 is 10.1 Å². The molecule has 1 amide bonds. The molecule has 0 aliphatic carbocycles. The first-order valence-corrected chi connectivity index (χ1v) is 13.4. The average molecular weight is 469 g/mol. The molecule has 0 spiro atoms. The number of hydrogen-bond donors (Lipinski definition) is 1. The Morgan fingerprint density at radius 1 is 1.00 bits per heavy atom. The number of carbonyl (C=O) groups is 1. The van der Waals surface area contributed by atoms with Gasteiger partial charge in [0.15, 0.2) is 15.9 Å². The molecule has 0 saturated heterocycles. The van der Waals surface area contributed by atoms with Gasteiger partial charge in [-0.05, 0) is 55.3 Å². The smallest absolute Gasteiger partial charge is 0.261 e. The van der Waals surface area contributed by atoms with Crippen LogP contribution in [0.5, 0.6) is 5.75 Å². The van der Waals surface area contributed by atoms with Gasteiger partial charge in [-0.25, -0.2) is 16.8 Å². The summed E-state index contributed by atoms with van der Waals surface area (Å²) in [6.45, 7) is 3.53. The third-order valence-electron chi connectivity index (χ3n) is 4.82. The normalized spacial score (nSPS) is 13.8. The molecular weight excluding hydrogens is 440 g/mol. The van der Waals surface area contributed by atoms with Gasteiger partial charge in [-0.2, -0.15) is 0 Å². The monoisotopic (exact) mass is 468 g/mol. The summed E-state index contributed by atoms with van der Waals surface area (Å²) >= 11 is 0. The number of anilines is 1. The number of hydrogen-bond acceptors (Lipinski definition) is 6. The van der Waals surface area contributed by atoms with E-state index < -0.39 is 26.0 Å². The van der Waals surface area contributed by atoms with Gasteiger partial charge in [-0.15, -0.1) is 0 Å². The highest BCUT2D eigenvalue weighted by molar-refractivity contribution is 7.92. The van der Waals surface area contributed by atoms with Crippen molar-refractivity contribution in [2.75, 3.05) is 23.9 Å². The van der Waals surface area contributed by atoms with Crippen LogP contribution in [-0.2, 0) is 24.7 Å². The van der Waals surface area contributed by atoms with E-state index >= 15 is 0 Å². The van der Waals surface area contributed by atoms with E-state index in [1.807, 2.05) is 6.92 Å². The van der Waals surface area contributed by atoms with Crippen LogP contribution in [0.4, 0.5) is 5.69 Å². The van der Waals surface area contributed by atoms with Crippen molar-refractivity contribution in [1.29, 1.82) is 0 Å². The van der Waals surface area contributed by atoms with E-state index in [1.165, 1.54) is 19.2 Å². The summed E-state index contributed by atoms with van der Waals surface area (Å²) in [5.74, 6) is 0.107. The zero-order valence-corrected chi connectivity index (χ0v) is 19.8. The number of nitrogens with one attached hydrogen (secondary N) is 1. The van der Waals surface area contributed by atoms with Crippen LogP contribution < -0.4 is 14.4 Å². The Bertz CT molecular complexity index is 1110. The van der Waals surface area contributed by atoms with Gasteiger partial charge in [0.1, 0.15) is 5.75 Å². The largest absolute Gasteiger partial charge is 0.481 e. The van der Waals surface area contributed by atoms with Gasteiger partial charge in [-0.3, -0.25) is 9.10 Å². The molecule has 2 atom stereocenters. The van der Waals surface area contributed by atoms with Gasteiger partial charge in [0.2, 0.25) is 10.0 Å². The maximum Gasteiger partial charge on any atom is 0.261 e. The molecule has 2 rings (SSSR count). The summed E-state index contributed by atoms with van der Waals surface area (Å²) in [6, 6.07) is 12.5. The summed E-state index contributed by atoms with van der Waals surface area (Å²) in [4.78, 5) is 12.8. The maximum absolute atomic E-state index is 12.6. The minimum absolute atomic E-state index is 0.221. The molecule has 8 nitrogen and oxygen atoms in total. The molecule has 0 aliphatic rings. The number of nitrogens with zero attached hydrogens (tertiary/aromatic N) is 1. The molecule has 170 valence electrons. The molecule has 0 saturated carbocycles. The van der Waals surface area contributed by atoms with E-state index in [2.05, 4.69) is 5.32 Å². The Hall–Kier alpha value is -2.59. The first-order valence-electron chi connectivity index (χ1n) is 9.64. The highest BCUT2D eigenvalue weighted by Gasteiger charge is 2.20. The third-order valence-corrected chi connectivity index (χ3v) is 7.15. The second-order valence-corrected chi connectivity index (χ2v) is 11.3. The summed E-state index contributed by atoms with van der Waals surface area (Å²) in [5, 5.41) is 2.91. The van der Waals surface area contributed by atoms with Crippen molar-refractivity contribution in [3.8, 4) is 5.75 Å². The Labute approximate surface area is 184 Å². The van der Waals surface area contributed by atoms with E-state index in [0.29, 0.717) is 17.9 Å². The van der Waals surface area contributed by atoms with E-state index in [0.717, 1.165) is 22.4 Å². The molecule has 0 fully saturated rings. The minimum Gasteiger partial charge on any atom is -0.481 e. The molecule has 0 aromatic heterocycles. The molecule has 0 aliphatic heterocycles. The van der Waals surface area contributed by atoms with Gasteiger partial charge in [-0.1, -0.05) is 19.1 Å². The molecule has 1 N–H and O–H groups in total. The second kappa shape index (κ2) is 9.69. The highest BCUT2D eigenvalue weighted by Crippen LogP contribution is 2.22. The van der Waals surface area contributed by atoms with Gasteiger partial charge in [0, 0.05) is 13.3 Å². The van der Waals surface area contributed by atoms with E-state index in [1.54, 1.807) is 43.3 Å². The quantitative estimate of drug-likeness (QED) is 0.606. The van der Waals surface area contributed by atoms with Crippen molar-refractivity contribution in [2.45, 2.75) is 37.3 Å². The topological polar surface area (TPSA) is 110 Å². The Morgan fingerprint density at radius 3 is 2.00 bits per heavy atom. The average Bonchev–Trinajstić information content (AvgIpc) is 2.70. The predicted octanol–water partition coefficient (Wildman–Crippen LogP) is 2.52. The molecule has 2 aromatic rings. The van der Waals surface area contributed by atoms with Gasteiger partial charge in [0.25, 0.3) is 5.91 Å². The fraction of sp³-hybridized carbons (Fsp3) is 0.381. The molecule has 10 heteroatoms. The molecule has 2 aromatic carbocycles. The number of ether oxygens (including phenoxy) is 1. The molecule has 0 unspecified atom stereocenters. The number of sulfone groups is 1. The molecule has 0 heterocycles. The van der Waals surface area contributed by atoms with Crippen LogP contribution in [0.15, 0.2) is 53.4 Å². The fourth-order valence-corrected chi connectivity index (χ4v) is 3.98. The summed E-state index contributed by atoms with van der Waals surface area (Å²) in [6.07, 6.45) is 2.08. The lowest BCUT2D eigenvalue weighted by atomic mass is 10.0. The first kappa shape index (κ1) is 24.7. The zero-order chi connectivity index (χ0) is 23.4. The number of benzene rings is 2. The van der Waals surface area contributed by atoms with Crippen LogP contribution in [0, 0.1) is 0 Å². The van der Waals surface area contributed by atoms with Crippen LogP contribution in [0.1, 0.15) is 31.9 Å². The number of amides is 1. The lowest BCUT2D eigenvalue weighted by Crippen LogP contribution is -2.38. The summed E-state index contributed by atoms with van der Waals surface area (Å²) < 4.78 is 53.3. The number of carbonyl (C=O) groups excluding carboxylic acids is 1. The van der Waals surface area contributed by atoms with Crippen molar-refractivity contribution >= 4 is 31.5 Å². The summed E-state index contributed by atoms with van der Waals surface area (Å²) in [7, 11) is -5.19. The van der Waals surface area contributed by atoms with E-state index in [-0.39, 0.29) is 16.8 Å². The summed E-state index contributed by atoms with van der Waals surface area (Å²) in [5.41, 5.74) is 1.28. The molecule has 0 bridgehead atoms. The lowest BCUT2D eigenvalue weighted by Gasteiger charge is -2.22. The zero-order valence-electron chi connectivity index (χ0n) is 18.2. The fourth-order valence-electron chi connectivity index (χ4n) is 2.84. The van der Waals surface area contributed by atoms with Crippen LogP contribution in [0.2, 0.25) is 0 Å². The standard InChI is InChI=1S/C21H28N2O6S2/c1-6-20(16-7-13-19(14-8-16)30(4,25)26)22-21(24)15(2)29-18-11-9-17(10-12-18)23(3)31(5,27)28/h7-15,20H,6H2,1-5H3,(H,22,24)/t15-,20-/m1/s1. The van der Waals surface area contributed by atoms with Gasteiger partial charge >= 0.3 is 0 Å². The number of rotatable bonds is 9. The third kappa shape index (κ3) is 6.70. The van der Waals surface area contributed by atoms with Crippen LogP contribution in [0.3, 0.4) is 0 Å². The van der Waals surface area contributed by atoms with Crippen molar-refractivity contribution in [3.63, 3.8) is 0 Å². The van der Waals surface area contributed by atoms with E-state index in [9.17, 15) is 21.6 Å². The Balaban J connectivity index is 2.04. The van der Waals surface area contributed by atoms with Crippen molar-refractivity contribution in [3.05, 3.63) is 54.1 Å². The van der Waals surface area contributed by atoms with E-state index in [4.69, 9.17) is 4.74 Å². The molecule has 0 radical (unpaired) electrons. The molecule has 31 heavy (non-hydrogen) atoms. The van der Waals surface area contributed by atoms with Crippen molar-refractivity contribution < 1.29 is 26.4 Å². The minimum atomic E-state index is -3.36. The first-order chi connectivity index (χ1) is 14.3. The molecular formula is C21H28N2O6S2. The lowest BCUT2D eigenvalue weighted by molar-refractivity contribution is -0.128. The van der Waals surface area contributed by atoms with Crippen molar-refractivity contribution in [2.24, 2.45) is 0 Å². The van der Waals surface area contributed by atoms with Crippen molar-refractivity contribution in [1.82, 2.24) is 5.32 Å². The second-order valence-electron chi connectivity index (χ2n) is 7.30. The van der Waals surface area contributed by atoms with Crippen LogP contribution >= 0.6 is 0 Å². The van der Waals surface area contributed by atoms with Gasteiger partial charge in [0.05, 0.1) is 22.9 Å². The predicted molar refractivity (Wildman–Crippen MR) is 121 cm³/mol. The Kier molecular flexibility index (Phi) is 7.72. The number of sulfonamides is 1. The van der Waals surface area contributed by atoms with Crippen LogP contribution in [0.25, 0.3) is 0 Å². The maximum atomic E-state index is 12.6. The SMILES string of the molecule is CC[C@@H](NC(=O)[C@@H](C)Oc1ccc(N(C)S(C)(=O)=O)cc1)c1ccc(S(C)(=O)=O)cc1. The van der Waals surface area contributed by atoms with Crippen LogP contribution in [-0.4, -0.2) is 48.4 Å². The highest BCUT2D eigenvalue weighted by atomic mass is 32.2. The Morgan fingerprint density at radius 2 is 1.55 bits per heavy atom.